The molecule has 0 saturated carbocycles. The molecule has 0 aliphatic rings. The Morgan fingerprint density at radius 3 is 2.09 bits per heavy atom. The molecule has 108 valence electrons. The van der Waals surface area contributed by atoms with Gasteiger partial charge in [0.15, 0.2) is 5.78 Å². The number of rotatable bonds is 5. The number of nitrogens with one attached hydrogen (secondary N) is 1. The van der Waals surface area contributed by atoms with Gasteiger partial charge in [-0.25, -0.2) is 0 Å². The zero-order valence-corrected chi connectivity index (χ0v) is 12.2. The van der Waals surface area contributed by atoms with Crippen molar-refractivity contribution in [2.75, 3.05) is 5.32 Å². The van der Waals surface area contributed by atoms with Crippen molar-refractivity contribution >= 4 is 11.5 Å². The molecule has 0 unspecified atom stereocenters. The lowest BCUT2D eigenvalue weighted by molar-refractivity contribution is 0.103. The standard InChI is InChI=1S/C20H17NO/c22-20(17-10-5-2-6-11-17)18-12-7-13-19(14-18)21-15-16-8-3-1-4-9-16/h1-14,21H,15H2. The molecule has 3 rings (SSSR count). The summed E-state index contributed by atoms with van der Waals surface area (Å²) in [5.41, 5.74) is 3.57. The quantitative estimate of drug-likeness (QED) is 0.698. The Morgan fingerprint density at radius 1 is 0.727 bits per heavy atom. The van der Waals surface area contributed by atoms with Gasteiger partial charge in [0.05, 0.1) is 0 Å². The number of anilines is 1. The van der Waals surface area contributed by atoms with E-state index in [2.05, 4.69) is 17.4 Å². The molecule has 3 aromatic carbocycles. The maximum Gasteiger partial charge on any atom is 0.193 e. The zero-order valence-electron chi connectivity index (χ0n) is 12.2. The number of hydrogen-bond acceptors (Lipinski definition) is 2. The fourth-order valence-corrected chi connectivity index (χ4v) is 2.33. The van der Waals surface area contributed by atoms with Gasteiger partial charge < -0.3 is 5.32 Å². The third kappa shape index (κ3) is 3.41. The van der Waals surface area contributed by atoms with Gasteiger partial charge in [-0.15, -0.1) is 0 Å². The summed E-state index contributed by atoms with van der Waals surface area (Å²) in [4.78, 5) is 12.4. The maximum atomic E-state index is 12.4. The van der Waals surface area contributed by atoms with Gasteiger partial charge in [0, 0.05) is 23.4 Å². The molecular formula is C20H17NO. The summed E-state index contributed by atoms with van der Waals surface area (Å²) in [5, 5.41) is 3.36. The van der Waals surface area contributed by atoms with Gasteiger partial charge in [-0.1, -0.05) is 72.8 Å². The van der Waals surface area contributed by atoms with Crippen LogP contribution in [0.4, 0.5) is 5.69 Å². The van der Waals surface area contributed by atoms with Crippen molar-refractivity contribution in [2.45, 2.75) is 6.54 Å². The Kier molecular flexibility index (Phi) is 4.30. The van der Waals surface area contributed by atoms with E-state index in [0.717, 1.165) is 12.2 Å². The molecule has 0 atom stereocenters. The minimum Gasteiger partial charge on any atom is -0.381 e. The monoisotopic (exact) mass is 287 g/mol. The topological polar surface area (TPSA) is 29.1 Å². The van der Waals surface area contributed by atoms with E-state index in [1.54, 1.807) is 0 Å². The summed E-state index contributed by atoms with van der Waals surface area (Å²) in [6.45, 7) is 0.740. The molecule has 0 aliphatic heterocycles. The number of carbonyl (C=O) groups excluding carboxylic acids is 1. The number of benzene rings is 3. The van der Waals surface area contributed by atoms with Crippen LogP contribution >= 0.6 is 0 Å². The lowest BCUT2D eigenvalue weighted by Crippen LogP contribution is -2.03. The van der Waals surface area contributed by atoms with Crippen molar-refractivity contribution in [1.82, 2.24) is 0 Å². The predicted molar refractivity (Wildman–Crippen MR) is 90.1 cm³/mol. The van der Waals surface area contributed by atoms with Crippen molar-refractivity contribution < 1.29 is 4.79 Å². The first-order chi connectivity index (χ1) is 10.8. The van der Waals surface area contributed by atoms with E-state index in [9.17, 15) is 4.79 Å². The Morgan fingerprint density at radius 2 is 1.36 bits per heavy atom. The van der Waals surface area contributed by atoms with Crippen molar-refractivity contribution in [2.24, 2.45) is 0 Å². The highest BCUT2D eigenvalue weighted by Gasteiger charge is 2.08. The molecule has 0 aromatic heterocycles. The molecule has 0 heterocycles. The van der Waals surface area contributed by atoms with Crippen LogP contribution in [0, 0.1) is 0 Å². The summed E-state index contributed by atoms with van der Waals surface area (Å²) < 4.78 is 0. The molecule has 3 aromatic rings. The van der Waals surface area contributed by atoms with Crippen LogP contribution in [0.25, 0.3) is 0 Å². The van der Waals surface area contributed by atoms with E-state index in [4.69, 9.17) is 0 Å². The highest BCUT2D eigenvalue weighted by Crippen LogP contribution is 2.15. The molecule has 0 fully saturated rings. The SMILES string of the molecule is O=C(c1ccccc1)c1cccc(NCc2ccccc2)c1. The van der Waals surface area contributed by atoms with Crippen LogP contribution < -0.4 is 5.32 Å². The van der Waals surface area contributed by atoms with Gasteiger partial charge >= 0.3 is 0 Å². The van der Waals surface area contributed by atoms with Crippen LogP contribution in [0.15, 0.2) is 84.9 Å². The average molecular weight is 287 g/mol. The van der Waals surface area contributed by atoms with Gasteiger partial charge in [-0.05, 0) is 17.7 Å². The Bertz CT molecular complexity index is 751. The molecule has 2 nitrogen and oxygen atoms in total. The first-order valence-electron chi connectivity index (χ1n) is 7.30. The summed E-state index contributed by atoms with van der Waals surface area (Å²) >= 11 is 0. The largest absolute Gasteiger partial charge is 0.381 e. The molecule has 0 aliphatic carbocycles. The summed E-state index contributed by atoms with van der Waals surface area (Å²) in [6.07, 6.45) is 0. The van der Waals surface area contributed by atoms with E-state index in [1.807, 2.05) is 72.8 Å². The van der Waals surface area contributed by atoms with Crippen molar-refractivity contribution in [3.8, 4) is 0 Å². The fourth-order valence-electron chi connectivity index (χ4n) is 2.33. The third-order valence-electron chi connectivity index (χ3n) is 3.50. The van der Waals surface area contributed by atoms with E-state index in [-0.39, 0.29) is 5.78 Å². The minimum absolute atomic E-state index is 0.0453. The van der Waals surface area contributed by atoms with E-state index < -0.39 is 0 Å². The Hall–Kier alpha value is -2.87. The van der Waals surface area contributed by atoms with Crippen molar-refractivity contribution in [1.29, 1.82) is 0 Å². The van der Waals surface area contributed by atoms with E-state index >= 15 is 0 Å². The van der Waals surface area contributed by atoms with E-state index in [0.29, 0.717) is 11.1 Å². The lowest BCUT2D eigenvalue weighted by Gasteiger charge is -2.08. The zero-order chi connectivity index (χ0) is 15.2. The lowest BCUT2D eigenvalue weighted by atomic mass is 10.0. The fraction of sp³-hybridized carbons (Fsp3) is 0.0500. The molecule has 1 N–H and O–H groups in total. The van der Waals surface area contributed by atoms with Gasteiger partial charge in [-0.2, -0.15) is 0 Å². The number of carbonyl (C=O) groups is 1. The molecule has 22 heavy (non-hydrogen) atoms. The van der Waals surface area contributed by atoms with Crippen molar-refractivity contribution in [3.05, 3.63) is 102 Å². The minimum atomic E-state index is 0.0453. The van der Waals surface area contributed by atoms with Crippen molar-refractivity contribution in [3.63, 3.8) is 0 Å². The molecule has 0 amide bonds. The second-order valence-electron chi connectivity index (χ2n) is 5.12. The summed E-state index contributed by atoms with van der Waals surface area (Å²) in [7, 11) is 0. The van der Waals surface area contributed by atoms with Gasteiger partial charge in [0.1, 0.15) is 0 Å². The Labute approximate surface area is 130 Å². The van der Waals surface area contributed by atoms with Crippen LogP contribution in [-0.4, -0.2) is 5.78 Å². The summed E-state index contributed by atoms with van der Waals surface area (Å²) in [6, 6.07) is 27.2. The number of ketones is 1. The van der Waals surface area contributed by atoms with Gasteiger partial charge in [0.25, 0.3) is 0 Å². The second kappa shape index (κ2) is 6.72. The van der Waals surface area contributed by atoms with Gasteiger partial charge in [-0.3, -0.25) is 4.79 Å². The van der Waals surface area contributed by atoms with Gasteiger partial charge in [0.2, 0.25) is 0 Å². The third-order valence-corrected chi connectivity index (χ3v) is 3.50. The van der Waals surface area contributed by atoms with E-state index in [1.165, 1.54) is 5.56 Å². The molecule has 2 heteroatoms. The van der Waals surface area contributed by atoms with Crippen LogP contribution in [0.5, 0.6) is 0 Å². The average Bonchev–Trinajstić information content (AvgIpc) is 2.61. The highest BCUT2D eigenvalue weighted by molar-refractivity contribution is 6.09. The molecular weight excluding hydrogens is 270 g/mol. The number of hydrogen-bond donors (Lipinski definition) is 1. The predicted octanol–water partition coefficient (Wildman–Crippen LogP) is 4.53. The van der Waals surface area contributed by atoms with Crippen LogP contribution in [0.2, 0.25) is 0 Å². The Balaban J connectivity index is 1.74. The normalized spacial score (nSPS) is 10.2. The molecule has 0 spiro atoms. The first-order valence-corrected chi connectivity index (χ1v) is 7.30. The van der Waals surface area contributed by atoms with Crippen LogP contribution in [0.3, 0.4) is 0 Å². The maximum absolute atomic E-state index is 12.4. The molecule has 0 radical (unpaired) electrons. The summed E-state index contributed by atoms with van der Waals surface area (Å²) in [5.74, 6) is 0.0453. The van der Waals surface area contributed by atoms with Crippen LogP contribution in [0.1, 0.15) is 21.5 Å². The first kappa shape index (κ1) is 14.1. The second-order valence-corrected chi connectivity index (χ2v) is 5.12. The smallest absolute Gasteiger partial charge is 0.193 e. The highest BCUT2D eigenvalue weighted by atomic mass is 16.1. The molecule has 0 bridgehead atoms. The molecule has 0 saturated heterocycles. The van der Waals surface area contributed by atoms with Crippen LogP contribution in [-0.2, 0) is 6.54 Å².